The van der Waals surface area contributed by atoms with E-state index in [4.69, 9.17) is 0 Å². The van der Waals surface area contributed by atoms with Crippen molar-refractivity contribution in [1.29, 1.82) is 0 Å². The summed E-state index contributed by atoms with van der Waals surface area (Å²) in [5.41, 5.74) is 3.47. The van der Waals surface area contributed by atoms with E-state index in [2.05, 4.69) is 16.5 Å². The van der Waals surface area contributed by atoms with E-state index in [-0.39, 0.29) is 6.04 Å². The molecule has 1 aliphatic carbocycles. The highest BCUT2D eigenvalue weighted by atomic mass is 32.2. The first-order chi connectivity index (χ1) is 13.6. The molecule has 0 radical (unpaired) electrons. The summed E-state index contributed by atoms with van der Waals surface area (Å²) in [5, 5.41) is 8.09. The van der Waals surface area contributed by atoms with E-state index in [1.165, 1.54) is 24.1 Å². The maximum atomic E-state index is 13.1. The molecule has 0 spiro atoms. The van der Waals surface area contributed by atoms with Crippen LogP contribution in [-0.4, -0.2) is 35.6 Å². The van der Waals surface area contributed by atoms with Crippen molar-refractivity contribution >= 4 is 15.7 Å². The average molecular weight is 401 g/mol. The molecule has 2 aliphatic heterocycles. The lowest BCUT2D eigenvalue weighted by molar-refractivity contribution is 0.259. The summed E-state index contributed by atoms with van der Waals surface area (Å²) < 4.78 is 29.7. The molecule has 150 valence electrons. The number of aryl methyl sites for hydroxylation is 1. The predicted octanol–water partition coefficient (Wildman–Crippen LogP) is 3.65. The van der Waals surface area contributed by atoms with Crippen LogP contribution >= 0.6 is 0 Å². The molecule has 1 N–H and O–H groups in total. The molecule has 3 unspecified atom stereocenters. The number of anilines is 1. The summed E-state index contributed by atoms with van der Waals surface area (Å²) in [5.74, 6) is 0.875. The van der Waals surface area contributed by atoms with Gasteiger partial charge in [-0.05, 0) is 67.3 Å². The summed E-state index contributed by atoms with van der Waals surface area (Å²) >= 11 is 0. The minimum Gasteiger partial charge on any atom is -0.376 e. The number of nitrogens with zero attached hydrogens (tertiary/aromatic N) is 3. The maximum absolute atomic E-state index is 13.1. The molecule has 2 fully saturated rings. The molecular formula is C21H28N4O2S. The highest BCUT2D eigenvalue weighted by Gasteiger charge is 2.40. The second-order valence-electron chi connectivity index (χ2n) is 8.42. The number of sulfonamides is 1. The number of nitrogens with one attached hydrogen (secondary N) is 1. The van der Waals surface area contributed by atoms with Gasteiger partial charge in [-0.3, -0.25) is 4.68 Å². The van der Waals surface area contributed by atoms with E-state index in [0.717, 1.165) is 31.4 Å². The first-order valence-electron chi connectivity index (χ1n) is 10.4. The SMILES string of the molecule is Cn1nccc1C1Nc2ccc(S(=O)(=O)N3CCCC3)cc2C2CCCCC21. The molecule has 1 aromatic carbocycles. The summed E-state index contributed by atoms with van der Waals surface area (Å²) in [7, 11) is -1.39. The van der Waals surface area contributed by atoms with E-state index in [1.54, 1.807) is 10.4 Å². The average Bonchev–Trinajstić information content (AvgIpc) is 3.39. The van der Waals surface area contributed by atoms with Gasteiger partial charge >= 0.3 is 0 Å². The van der Waals surface area contributed by atoms with Crippen LogP contribution in [0.4, 0.5) is 5.69 Å². The van der Waals surface area contributed by atoms with Crippen LogP contribution in [0, 0.1) is 5.92 Å². The van der Waals surface area contributed by atoms with Gasteiger partial charge in [0, 0.05) is 32.0 Å². The van der Waals surface area contributed by atoms with Crippen molar-refractivity contribution in [3.63, 3.8) is 0 Å². The summed E-state index contributed by atoms with van der Waals surface area (Å²) in [6.45, 7) is 1.29. The van der Waals surface area contributed by atoms with Gasteiger partial charge in [-0.25, -0.2) is 8.42 Å². The Morgan fingerprint density at radius 3 is 2.61 bits per heavy atom. The second-order valence-corrected chi connectivity index (χ2v) is 10.4. The Kier molecular flexibility index (Phi) is 4.47. The fourth-order valence-electron chi connectivity index (χ4n) is 5.42. The van der Waals surface area contributed by atoms with Crippen LogP contribution < -0.4 is 5.32 Å². The Hall–Kier alpha value is -1.86. The molecule has 5 rings (SSSR count). The van der Waals surface area contributed by atoms with Crippen molar-refractivity contribution in [2.24, 2.45) is 13.0 Å². The smallest absolute Gasteiger partial charge is 0.243 e. The molecular weight excluding hydrogens is 372 g/mol. The van der Waals surface area contributed by atoms with Gasteiger partial charge in [-0.1, -0.05) is 12.8 Å². The lowest BCUT2D eigenvalue weighted by atomic mass is 9.69. The fourth-order valence-corrected chi connectivity index (χ4v) is 6.97. The number of benzene rings is 1. The monoisotopic (exact) mass is 400 g/mol. The number of rotatable bonds is 3. The Morgan fingerprint density at radius 1 is 1.07 bits per heavy atom. The largest absolute Gasteiger partial charge is 0.376 e. The van der Waals surface area contributed by atoms with Crippen molar-refractivity contribution in [2.45, 2.75) is 55.4 Å². The van der Waals surface area contributed by atoms with Crippen LogP contribution in [0.5, 0.6) is 0 Å². The Balaban J connectivity index is 1.55. The third-order valence-electron chi connectivity index (χ3n) is 6.86. The van der Waals surface area contributed by atoms with Crippen LogP contribution in [0.1, 0.15) is 61.7 Å². The molecule has 7 heteroatoms. The quantitative estimate of drug-likeness (QED) is 0.854. The van der Waals surface area contributed by atoms with Gasteiger partial charge in [0.1, 0.15) is 0 Å². The molecule has 6 nitrogen and oxygen atoms in total. The van der Waals surface area contributed by atoms with Crippen LogP contribution in [0.3, 0.4) is 0 Å². The first-order valence-corrected chi connectivity index (χ1v) is 11.9. The van der Waals surface area contributed by atoms with E-state index in [1.807, 2.05) is 30.1 Å². The Bertz CT molecular complexity index is 978. The number of fused-ring (bicyclic) bond motifs is 3. The molecule has 0 amide bonds. The van der Waals surface area contributed by atoms with Crippen LogP contribution in [0.15, 0.2) is 35.4 Å². The van der Waals surface area contributed by atoms with Crippen LogP contribution in [0.25, 0.3) is 0 Å². The number of hydrogen-bond donors (Lipinski definition) is 1. The van der Waals surface area contributed by atoms with Gasteiger partial charge in [-0.2, -0.15) is 9.40 Å². The van der Waals surface area contributed by atoms with E-state index < -0.39 is 10.0 Å². The Labute approximate surface area is 167 Å². The third-order valence-corrected chi connectivity index (χ3v) is 8.76. The van der Waals surface area contributed by atoms with Gasteiger partial charge < -0.3 is 5.32 Å². The van der Waals surface area contributed by atoms with Gasteiger partial charge in [0.15, 0.2) is 0 Å². The number of aromatic nitrogens is 2. The molecule has 28 heavy (non-hydrogen) atoms. The van der Waals surface area contributed by atoms with E-state index in [9.17, 15) is 8.42 Å². The summed E-state index contributed by atoms with van der Waals surface area (Å²) in [6, 6.07) is 8.04. The highest BCUT2D eigenvalue weighted by Crippen LogP contribution is 2.51. The van der Waals surface area contributed by atoms with Crippen LogP contribution in [0.2, 0.25) is 0 Å². The molecule has 1 saturated heterocycles. The third kappa shape index (κ3) is 2.87. The zero-order valence-corrected chi connectivity index (χ0v) is 17.2. The van der Waals surface area contributed by atoms with E-state index in [0.29, 0.717) is 29.8 Å². The zero-order valence-electron chi connectivity index (χ0n) is 16.3. The molecule has 0 bridgehead atoms. The van der Waals surface area contributed by atoms with Crippen molar-refractivity contribution in [1.82, 2.24) is 14.1 Å². The minimum atomic E-state index is -3.38. The highest BCUT2D eigenvalue weighted by molar-refractivity contribution is 7.89. The molecule has 3 heterocycles. The number of hydrogen-bond acceptors (Lipinski definition) is 4. The van der Waals surface area contributed by atoms with Gasteiger partial charge in [-0.15, -0.1) is 0 Å². The summed E-state index contributed by atoms with van der Waals surface area (Å²) in [6.07, 6.45) is 8.51. The molecule has 3 atom stereocenters. The van der Waals surface area contributed by atoms with Gasteiger partial charge in [0.25, 0.3) is 0 Å². The van der Waals surface area contributed by atoms with Crippen molar-refractivity contribution in [3.8, 4) is 0 Å². The summed E-state index contributed by atoms with van der Waals surface area (Å²) in [4.78, 5) is 0.457. The first kappa shape index (κ1) is 18.2. The molecule has 1 saturated carbocycles. The van der Waals surface area contributed by atoms with Crippen molar-refractivity contribution in [2.75, 3.05) is 18.4 Å². The topological polar surface area (TPSA) is 67.2 Å². The fraction of sp³-hybridized carbons (Fsp3) is 0.571. The maximum Gasteiger partial charge on any atom is 0.243 e. The minimum absolute atomic E-state index is 0.228. The van der Waals surface area contributed by atoms with Gasteiger partial charge in [0.2, 0.25) is 10.0 Å². The Morgan fingerprint density at radius 2 is 1.86 bits per heavy atom. The van der Waals surface area contributed by atoms with Crippen molar-refractivity contribution in [3.05, 3.63) is 41.7 Å². The molecule has 1 aromatic heterocycles. The zero-order chi connectivity index (χ0) is 19.3. The lowest BCUT2D eigenvalue weighted by Crippen LogP contribution is -2.35. The molecule has 3 aliphatic rings. The van der Waals surface area contributed by atoms with Crippen LogP contribution in [-0.2, 0) is 17.1 Å². The normalized spacial score (nSPS) is 27.8. The van der Waals surface area contributed by atoms with E-state index >= 15 is 0 Å². The van der Waals surface area contributed by atoms with Gasteiger partial charge in [0.05, 0.1) is 16.6 Å². The molecule has 2 aromatic rings. The second kappa shape index (κ2) is 6.88. The van der Waals surface area contributed by atoms with Crippen molar-refractivity contribution < 1.29 is 8.42 Å². The lowest BCUT2D eigenvalue weighted by Gasteiger charge is -2.43. The standard InChI is InChI=1S/C21H28N4O2S/c1-24-20(10-11-22-24)21-17-7-3-2-6-16(17)18-14-15(8-9-19(18)23-21)28(26,27)25-12-4-5-13-25/h8-11,14,16-17,21,23H,2-7,12-13H2,1H3. The predicted molar refractivity (Wildman–Crippen MR) is 109 cm³/mol.